The summed E-state index contributed by atoms with van der Waals surface area (Å²) in [7, 11) is 1.61. The minimum absolute atomic E-state index is 0.0932. The van der Waals surface area contributed by atoms with Crippen molar-refractivity contribution < 1.29 is 13.9 Å². The Morgan fingerprint density at radius 1 is 1.00 bits per heavy atom. The standard InChI is InChI=1S/C26H20N2O4S/c1-30-16-8-6-15(7-9-16)20-13-31-21-12-17(10-11-18(21)24(20)29)32-25-23-19-4-2-3-5-22(19)33-26(23)28-14-27-25/h6-14H,2-5H2,1H3. The Bertz CT molecular complexity index is 1550. The molecule has 1 aliphatic carbocycles. The molecule has 3 aromatic heterocycles. The van der Waals surface area contributed by atoms with Gasteiger partial charge in [-0.2, -0.15) is 0 Å². The zero-order valence-electron chi connectivity index (χ0n) is 18.0. The van der Waals surface area contributed by atoms with Crippen molar-refractivity contribution in [1.82, 2.24) is 9.97 Å². The highest BCUT2D eigenvalue weighted by atomic mass is 32.1. The van der Waals surface area contributed by atoms with Gasteiger partial charge in [0.2, 0.25) is 5.88 Å². The van der Waals surface area contributed by atoms with Crippen LogP contribution in [-0.4, -0.2) is 17.1 Å². The molecule has 164 valence electrons. The summed E-state index contributed by atoms with van der Waals surface area (Å²) in [5, 5.41) is 1.50. The molecular formula is C26H20N2O4S. The maximum Gasteiger partial charge on any atom is 0.231 e. The van der Waals surface area contributed by atoms with Gasteiger partial charge in [-0.05, 0) is 61.1 Å². The fourth-order valence-electron chi connectivity index (χ4n) is 4.39. The number of thiophene rings is 1. The van der Waals surface area contributed by atoms with Crippen molar-refractivity contribution in [1.29, 1.82) is 0 Å². The minimum Gasteiger partial charge on any atom is -0.497 e. The third kappa shape index (κ3) is 3.45. The van der Waals surface area contributed by atoms with Crippen molar-refractivity contribution >= 4 is 32.5 Å². The van der Waals surface area contributed by atoms with Gasteiger partial charge in [0.1, 0.15) is 34.5 Å². The molecule has 7 heteroatoms. The van der Waals surface area contributed by atoms with Gasteiger partial charge in [0.05, 0.1) is 23.4 Å². The van der Waals surface area contributed by atoms with Crippen LogP contribution in [0.1, 0.15) is 23.3 Å². The molecule has 0 aliphatic heterocycles. The minimum atomic E-state index is -0.0932. The van der Waals surface area contributed by atoms with Gasteiger partial charge in [-0.25, -0.2) is 9.97 Å². The van der Waals surface area contributed by atoms with Crippen LogP contribution in [-0.2, 0) is 12.8 Å². The Kier molecular flexibility index (Phi) is 4.84. The largest absolute Gasteiger partial charge is 0.497 e. The van der Waals surface area contributed by atoms with Crippen LogP contribution in [0.3, 0.4) is 0 Å². The van der Waals surface area contributed by atoms with Crippen LogP contribution >= 0.6 is 11.3 Å². The lowest BCUT2D eigenvalue weighted by Crippen LogP contribution is -2.04. The molecule has 0 saturated heterocycles. The van der Waals surface area contributed by atoms with E-state index in [4.69, 9.17) is 13.9 Å². The summed E-state index contributed by atoms with van der Waals surface area (Å²) in [6, 6.07) is 12.6. The molecule has 0 radical (unpaired) electrons. The predicted octanol–water partition coefficient (Wildman–Crippen LogP) is 6.14. The highest BCUT2D eigenvalue weighted by Crippen LogP contribution is 2.40. The second-order valence-corrected chi connectivity index (χ2v) is 9.12. The van der Waals surface area contributed by atoms with Gasteiger partial charge in [0.15, 0.2) is 5.43 Å². The molecule has 0 unspecified atom stereocenters. The Morgan fingerprint density at radius 2 is 1.82 bits per heavy atom. The Balaban J connectivity index is 1.37. The molecule has 3 heterocycles. The average Bonchev–Trinajstić information content (AvgIpc) is 3.24. The van der Waals surface area contributed by atoms with E-state index in [1.165, 1.54) is 29.5 Å². The average molecular weight is 457 g/mol. The normalized spacial score (nSPS) is 13.2. The summed E-state index contributed by atoms with van der Waals surface area (Å²) < 4.78 is 17.2. The molecule has 6 nitrogen and oxygen atoms in total. The Morgan fingerprint density at radius 3 is 2.67 bits per heavy atom. The quantitative estimate of drug-likeness (QED) is 0.323. The summed E-state index contributed by atoms with van der Waals surface area (Å²) in [6.45, 7) is 0. The first kappa shape index (κ1) is 19.9. The molecular weight excluding hydrogens is 436 g/mol. The summed E-state index contributed by atoms with van der Waals surface area (Å²) in [6.07, 6.45) is 7.54. The number of hydrogen-bond donors (Lipinski definition) is 0. The molecule has 0 fully saturated rings. The van der Waals surface area contributed by atoms with Gasteiger partial charge < -0.3 is 13.9 Å². The van der Waals surface area contributed by atoms with E-state index in [9.17, 15) is 4.79 Å². The van der Waals surface area contributed by atoms with Crippen LogP contribution in [0, 0.1) is 0 Å². The molecule has 1 aliphatic rings. The summed E-state index contributed by atoms with van der Waals surface area (Å²) in [5.41, 5.74) is 2.96. The zero-order chi connectivity index (χ0) is 22.4. The summed E-state index contributed by atoms with van der Waals surface area (Å²) in [5.74, 6) is 1.85. The SMILES string of the molecule is COc1ccc(-c2coc3cc(Oc4ncnc5sc6c(c45)CCCC6)ccc3c2=O)cc1. The van der Waals surface area contributed by atoms with Gasteiger partial charge >= 0.3 is 0 Å². The molecule has 33 heavy (non-hydrogen) atoms. The topological polar surface area (TPSA) is 74.5 Å². The van der Waals surface area contributed by atoms with Crippen LogP contribution < -0.4 is 14.9 Å². The highest BCUT2D eigenvalue weighted by molar-refractivity contribution is 7.18. The first-order valence-corrected chi connectivity index (χ1v) is 11.7. The number of aromatic nitrogens is 2. The second-order valence-electron chi connectivity index (χ2n) is 8.04. The van der Waals surface area contributed by atoms with E-state index in [0.29, 0.717) is 28.2 Å². The molecule has 2 aromatic carbocycles. The van der Waals surface area contributed by atoms with E-state index >= 15 is 0 Å². The zero-order valence-corrected chi connectivity index (χ0v) is 18.8. The highest BCUT2D eigenvalue weighted by Gasteiger charge is 2.21. The number of fused-ring (bicyclic) bond motifs is 4. The Labute approximate surface area is 193 Å². The van der Waals surface area contributed by atoms with Crippen LogP contribution in [0.2, 0.25) is 0 Å². The number of rotatable bonds is 4. The van der Waals surface area contributed by atoms with Gasteiger partial charge in [-0.15, -0.1) is 11.3 Å². The van der Waals surface area contributed by atoms with E-state index in [2.05, 4.69) is 9.97 Å². The van der Waals surface area contributed by atoms with Crippen LogP contribution in [0.5, 0.6) is 17.4 Å². The third-order valence-corrected chi connectivity index (χ3v) is 7.28. The van der Waals surface area contributed by atoms with E-state index in [1.807, 2.05) is 24.3 Å². The lowest BCUT2D eigenvalue weighted by Gasteiger charge is -2.12. The van der Waals surface area contributed by atoms with E-state index < -0.39 is 0 Å². The van der Waals surface area contributed by atoms with Crippen LogP contribution in [0.4, 0.5) is 0 Å². The van der Waals surface area contributed by atoms with Crippen molar-refractivity contribution in [3.05, 3.63) is 75.7 Å². The number of benzene rings is 2. The first-order valence-electron chi connectivity index (χ1n) is 10.8. The molecule has 0 amide bonds. The monoisotopic (exact) mass is 456 g/mol. The van der Waals surface area contributed by atoms with Gasteiger partial charge in [-0.1, -0.05) is 12.1 Å². The molecule has 0 N–H and O–H groups in total. The van der Waals surface area contributed by atoms with Crippen molar-refractivity contribution in [2.24, 2.45) is 0 Å². The predicted molar refractivity (Wildman–Crippen MR) is 129 cm³/mol. The smallest absolute Gasteiger partial charge is 0.231 e. The van der Waals surface area contributed by atoms with Gasteiger partial charge in [-0.3, -0.25) is 4.79 Å². The van der Waals surface area contributed by atoms with Gasteiger partial charge in [0, 0.05) is 10.9 Å². The number of ether oxygens (including phenoxy) is 2. The van der Waals surface area contributed by atoms with Crippen molar-refractivity contribution in [3.8, 4) is 28.5 Å². The van der Waals surface area contributed by atoms with E-state index in [1.54, 1.807) is 43.0 Å². The maximum absolute atomic E-state index is 13.1. The second kappa shape index (κ2) is 8.01. The Hall–Kier alpha value is -3.71. The fraction of sp³-hybridized carbons (Fsp3) is 0.192. The molecule has 0 spiro atoms. The van der Waals surface area contributed by atoms with Gasteiger partial charge in [0.25, 0.3) is 0 Å². The fourth-order valence-corrected chi connectivity index (χ4v) is 5.61. The van der Waals surface area contributed by atoms with Crippen molar-refractivity contribution in [2.45, 2.75) is 25.7 Å². The molecule has 5 aromatic rings. The maximum atomic E-state index is 13.1. The number of methoxy groups -OCH3 is 1. The van der Waals surface area contributed by atoms with Crippen LogP contribution in [0.15, 0.2) is 64.3 Å². The molecule has 0 atom stereocenters. The molecule has 0 saturated carbocycles. The lowest BCUT2D eigenvalue weighted by molar-refractivity contribution is 0.415. The third-order valence-electron chi connectivity index (χ3n) is 6.08. The summed E-state index contributed by atoms with van der Waals surface area (Å²) >= 11 is 1.73. The molecule has 6 rings (SSSR count). The first-order chi connectivity index (χ1) is 16.2. The van der Waals surface area contributed by atoms with Crippen molar-refractivity contribution in [2.75, 3.05) is 7.11 Å². The summed E-state index contributed by atoms with van der Waals surface area (Å²) in [4.78, 5) is 24.3. The lowest BCUT2D eigenvalue weighted by atomic mass is 9.97. The van der Waals surface area contributed by atoms with Crippen molar-refractivity contribution in [3.63, 3.8) is 0 Å². The van der Waals surface area contributed by atoms with Crippen LogP contribution in [0.25, 0.3) is 32.3 Å². The number of aryl methyl sites for hydroxylation is 2. The van der Waals surface area contributed by atoms with E-state index in [-0.39, 0.29) is 5.43 Å². The molecule has 0 bridgehead atoms. The number of hydrogen-bond acceptors (Lipinski definition) is 7. The van der Waals surface area contributed by atoms with E-state index in [0.717, 1.165) is 34.4 Å². The number of nitrogens with zero attached hydrogens (tertiary/aromatic N) is 2.